The second-order valence-electron chi connectivity index (χ2n) is 4.78. The average Bonchev–Trinajstić information content (AvgIpc) is 2.52. The first-order valence-corrected chi connectivity index (χ1v) is 6.77. The van der Waals surface area contributed by atoms with E-state index in [9.17, 15) is 18.0 Å². The lowest BCUT2D eigenvalue weighted by molar-refractivity contribution is -0.131. The van der Waals surface area contributed by atoms with Gasteiger partial charge in [0.05, 0.1) is 0 Å². The number of allylic oxidation sites excluding steroid dienone is 3. The van der Waals surface area contributed by atoms with Gasteiger partial charge in [-0.05, 0) is 35.2 Å². The molecule has 0 aromatic heterocycles. The number of carbonyl (C=O) groups is 1. The van der Waals surface area contributed by atoms with Crippen LogP contribution < -0.4 is 0 Å². The van der Waals surface area contributed by atoms with Crippen LogP contribution in [0, 0.1) is 17.5 Å². The van der Waals surface area contributed by atoms with Crippen LogP contribution in [0.25, 0.3) is 11.1 Å². The van der Waals surface area contributed by atoms with Gasteiger partial charge in [0.25, 0.3) is 0 Å². The molecule has 0 atom stereocenters. The number of hydrogen-bond donors (Lipinski definition) is 1. The maximum absolute atomic E-state index is 13.2. The minimum atomic E-state index is -1.48. The topological polar surface area (TPSA) is 37.3 Å². The molecule has 0 spiro atoms. The maximum atomic E-state index is 13.2. The molecule has 0 saturated carbocycles. The molecule has 1 N–H and O–H groups in total. The number of hydrogen-bond acceptors (Lipinski definition) is 1. The summed E-state index contributed by atoms with van der Waals surface area (Å²) < 4.78 is 39.4. The van der Waals surface area contributed by atoms with Gasteiger partial charge in [0.2, 0.25) is 0 Å². The highest BCUT2D eigenvalue weighted by Gasteiger charge is 2.11. The summed E-state index contributed by atoms with van der Waals surface area (Å²) in [5, 5.41) is 8.43. The molecule has 2 aromatic carbocycles. The van der Waals surface area contributed by atoms with E-state index in [1.165, 1.54) is 6.08 Å². The predicted molar refractivity (Wildman–Crippen MR) is 81.4 cm³/mol. The lowest BCUT2D eigenvalue weighted by atomic mass is 10.0. The summed E-state index contributed by atoms with van der Waals surface area (Å²) in [4.78, 5) is 10.3. The van der Waals surface area contributed by atoms with Crippen molar-refractivity contribution in [3.8, 4) is 11.1 Å². The molecule has 0 aliphatic rings. The van der Waals surface area contributed by atoms with Crippen LogP contribution in [-0.2, 0) is 11.2 Å². The van der Waals surface area contributed by atoms with E-state index in [2.05, 4.69) is 0 Å². The van der Waals surface area contributed by atoms with Gasteiger partial charge in [-0.1, -0.05) is 42.5 Å². The summed E-state index contributed by atoms with van der Waals surface area (Å²) >= 11 is 0. The molecule has 2 rings (SSSR count). The minimum Gasteiger partial charge on any atom is -0.478 e. The smallest absolute Gasteiger partial charge is 0.328 e. The molecule has 118 valence electrons. The molecule has 0 fully saturated rings. The van der Waals surface area contributed by atoms with Crippen molar-refractivity contribution in [2.24, 2.45) is 0 Å². The van der Waals surface area contributed by atoms with Gasteiger partial charge in [-0.25, -0.2) is 18.0 Å². The monoisotopic (exact) mass is 318 g/mol. The Hall–Kier alpha value is -2.82. The number of rotatable bonds is 5. The molecule has 0 heterocycles. The normalized spacial score (nSPS) is 11.4. The highest BCUT2D eigenvalue weighted by molar-refractivity contribution is 5.80. The van der Waals surface area contributed by atoms with Gasteiger partial charge in [-0.3, -0.25) is 0 Å². The largest absolute Gasteiger partial charge is 0.478 e. The SMILES string of the molecule is O=C(O)/C=C/C=C/Cc1ccc(-c2cc(F)c(F)c(F)c2)cc1. The first kappa shape index (κ1) is 16.5. The van der Waals surface area contributed by atoms with Crippen LogP contribution in [0.1, 0.15) is 5.56 Å². The molecule has 5 heteroatoms. The third kappa shape index (κ3) is 4.57. The fourth-order valence-electron chi connectivity index (χ4n) is 1.98. The molecule has 0 saturated heterocycles. The Balaban J connectivity index is 2.09. The van der Waals surface area contributed by atoms with Gasteiger partial charge in [-0.15, -0.1) is 0 Å². The van der Waals surface area contributed by atoms with Crippen molar-refractivity contribution in [1.29, 1.82) is 0 Å². The van der Waals surface area contributed by atoms with Crippen molar-refractivity contribution in [3.05, 3.63) is 83.7 Å². The second-order valence-corrected chi connectivity index (χ2v) is 4.78. The Morgan fingerprint density at radius 2 is 1.57 bits per heavy atom. The van der Waals surface area contributed by atoms with Crippen molar-refractivity contribution in [2.75, 3.05) is 0 Å². The van der Waals surface area contributed by atoms with E-state index in [0.717, 1.165) is 23.8 Å². The molecular weight excluding hydrogens is 305 g/mol. The molecule has 0 amide bonds. The highest BCUT2D eigenvalue weighted by atomic mass is 19.2. The molecule has 2 nitrogen and oxygen atoms in total. The van der Waals surface area contributed by atoms with E-state index in [4.69, 9.17) is 5.11 Å². The van der Waals surface area contributed by atoms with E-state index < -0.39 is 23.4 Å². The molecule has 0 unspecified atom stereocenters. The van der Waals surface area contributed by atoms with Gasteiger partial charge in [0, 0.05) is 6.08 Å². The zero-order chi connectivity index (χ0) is 16.8. The van der Waals surface area contributed by atoms with E-state index in [1.54, 1.807) is 36.4 Å². The molecule has 0 aliphatic heterocycles. The summed E-state index contributed by atoms with van der Waals surface area (Å²) in [5.74, 6) is -4.95. The number of halogens is 3. The first-order chi connectivity index (χ1) is 11.0. The molecule has 0 bridgehead atoms. The Morgan fingerprint density at radius 1 is 0.957 bits per heavy atom. The predicted octanol–water partition coefficient (Wildman–Crippen LogP) is 4.51. The van der Waals surface area contributed by atoms with Gasteiger partial charge < -0.3 is 5.11 Å². The van der Waals surface area contributed by atoms with E-state index in [0.29, 0.717) is 12.0 Å². The Bertz CT molecular complexity index is 739. The van der Waals surface area contributed by atoms with Crippen LogP contribution in [0.4, 0.5) is 13.2 Å². The number of aliphatic carboxylic acids is 1. The summed E-state index contributed by atoms with van der Waals surface area (Å²) in [6.07, 6.45) is 6.42. The maximum Gasteiger partial charge on any atom is 0.328 e. The van der Waals surface area contributed by atoms with E-state index >= 15 is 0 Å². The Morgan fingerprint density at radius 3 is 2.13 bits per heavy atom. The minimum absolute atomic E-state index is 0.257. The summed E-state index contributed by atoms with van der Waals surface area (Å²) in [7, 11) is 0. The van der Waals surface area contributed by atoms with Crippen molar-refractivity contribution in [3.63, 3.8) is 0 Å². The second kappa shape index (κ2) is 7.45. The fraction of sp³-hybridized carbons (Fsp3) is 0.0556. The van der Waals surface area contributed by atoms with Gasteiger partial charge in [-0.2, -0.15) is 0 Å². The molecule has 23 heavy (non-hydrogen) atoms. The van der Waals surface area contributed by atoms with Crippen LogP contribution >= 0.6 is 0 Å². The lowest BCUT2D eigenvalue weighted by Gasteiger charge is -2.05. The number of benzene rings is 2. The zero-order valence-electron chi connectivity index (χ0n) is 12.0. The van der Waals surface area contributed by atoms with Gasteiger partial charge in [0.1, 0.15) is 0 Å². The molecular formula is C18H13F3O2. The van der Waals surface area contributed by atoms with Crippen molar-refractivity contribution in [1.82, 2.24) is 0 Å². The summed E-state index contributed by atoms with van der Waals surface area (Å²) in [6, 6.07) is 8.82. The highest BCUT2D eigenvalue weighted by Crippen LogP contribution is 2.24. The summed E-state index contributed by atoms with van der Waals surface area (Å²) in [6.45, 7) is 0. The van der Waals surface area contributed by atoms with Crippen LogP contribution in [0.2, 0.25) is 0 Å². The average molecular weight is 318 g/mol. The number of carboxylic acids is 1. The van der Waals surface area contributed by atoms with Gasteiger partial charge >= 0.3 is 5.97 Å². The van der Waals surface area contributed by atoms with Gasteiger partial charge in [0.15, 0.2) is 17.5 Å². The Kier molecular flexibility index (Phi) is 5.36. The molecule has 0 aliphatic carbocycles. The molecule has 0 radical (unpaired) electrons. The van der Waals surface area contributed by atoms with Crippen LogP contribution in [0.15, 0.2) is 60.7 Å². The lowest BCUT2D eigenvalue weighted by Crippen LogP contribution is -1.92. The molecule has 2 aromatic rings. The fourth-order valence-corrected chi connectivity index (χ4v) is 1.98. The third-order valence-corrected chi connectivity index (χ3v) is 3.11. The third-order valence-electron chi connectivity index (χ3n) is 3.11. The van der Waals surface area contributed by atoms with E-state index in [-0.39, 0.29) is 5.56 Å². The van der Waals surface area contributed by atoms with Crippen LogP contribution in [0.3, 0.4) is 0 Å². The Labute approximate surface area is 131 Å². The van der Waals surface area contributed by atoms with Crippen molar-refractivity contribution < 1.29 is 23.1 Å². The first-order valence-electron chi connectivity index (χ1n) is 6.77. The standard InChI is InChI=1S/C18H13F3O2/c19-15-10-14(11-16(20)18(15)21)13-8-6-12(7-9-13)4-2-1-3-5-17(22)23/h1-3,5-11H,4H2,(H,22,23)/b2-1+,5-3+. The van der Waals surface area contributed by atoms with Crippen LogP contribution in [-0.4, -0.2) is 11.1 Å². The van der Waals surface area contributed by atoms with Crippen molar-refractivity contribution >= 4 is 5.97 Å². The zero-order valence-corrected chi connectivity index (χ0v) is 12.0. The van der Waals surface area contributed by atoms with Crippen LogP contribution in [0.5, 0.6) is 0 Å². The van der Waals surface area contributed by atoms with Crippen molar-refractivity contribution in [2.45, 2.75) is 6.42 Å². The summed E-state index contributed by atoms with van der Waals surface area (Å²) in [5.41, 5.74) is 1.77. The number of carboxylic acid groups (broad SMARTS) is 1. The quantitative estimate of drug-likeness (QED) is 0.500. The van der Waals surface area contributed by atoms with E-state index in [1.807, 2.05) is 0 Å².